The van der Waals surface area contributed by atoms with Gasteiger partial charge in [-0.2, -0.15) is 0 Å². The van der Waals surface area contributed by atoms with Gasteiger partial charge < -0.3 is 8.83 Å². The molecule has 52 heavy (non-hydrogen) atoms. The highest BCUT2D eigenvalue weighted by Gasteiger charge is 2.22. The van der Waals surface area contributed by atoms with E-state index in [1.165, 1.54) is 10.8 Å². The molecule has 3 heterocycles. The summed E-state index contributed by atoms with van der Waals surface area (Å²) in [5.74, 6) is 1.74. The number of fused-ring (bicyclic) bond motifs is 8. The zero-order valence-corrected chi connectivity index (χ0v) is 27.7. The van der Waals surface area contributed by atoms with E-state index in [0.717, 1.165) is 82.5 Å². The van der Waals surface area contributed by atoms with Crippen molar-refractivity contribution in [2.75, 3.05) is 0 Å². The molecule has 0 radical (unpaired) electrons. The Kier molecular flexibility index (Phi) is 6.18. The molecule has 0 aliphatic heterocycles. The summed E-state index contributed by atoms with van der Waals surface area (Å²) in [4.78, 5) is 15.7. The summed E-state index contributed by atoms with van der Waals surface area (Å²) in [6, 6.07) is 56.3. The molecule has 8 aromatic carbocycles. The molecule has 11 aromatic rings. The summed E-state index contributed by atoms with van der Waals surface area (Å²) >= 11 is 0. The van der Waals surface area contributed by atoms with Crippen molar-refractivity contribution in [3.63, 3.8) is 0 Å². The van der Waals surface area contributed by atoms with Crippen molar-refractivity contribution in [2.45, 2.75) is 0 Å². The molecular formula is C47H27N3O2. The van der Waals surface area contributed by atoms with Gasteiger partial charge in [-0.25, -0.2) is 15.0 Å². The number of para-hydroxylation sites is 1. The molecule has 0 spiro atoms. The van der Waals surface area contributed by atoms with Crippen molar-refractivity contribution >= 4 is 65.4 Å². The van der Waals surface area contributed by atoms with Gasteiger partial charge in [-0.1, -0.05) is 127 Å². The third-order valence-electron chi connectivity index (χ3n) is 10.1. The van der Waals surface area contributed by atoms with Gasteiger partial charge in [-0.3, -0.25) is 0 Å². The molecule has 3 aromatic heterocycles. The third kappa shape index (κ3) is 4.46. The maximum atomic E-state index is 6.55. The number of aromatic nitrogens is 3. The maximum Gasteiger partial charge on any atom is 0.164 e. The van der Waals surface area contributed by atoms with E-state index in [9.17, 15) is 0 Å². The standard InChI is InChI=1S/C47H27N3O2/c1-3-12-30-26-32(24-22-28(30)10-1)34-15-7-20-40-43(34)44-37(17-9-21-41(44)52-40)47-49-45(33-25-23-29-11-2-4-13-31(29)27-33)48-46(50-47)36-16-8-19-39-42(36)35-14-5-6-18-38(35)51-39/h1-27H. The molecule has 0 saturated heterocycles. The lowest BCUT2D eigenvalue weighted by molar-refractivity contribution is 0.668. The minimum absolute atomic E-state index is 0.569. The molecule has 242 valence electrons. The molecular weight excluding hydrogens is 639 g/mol. The van der Waals surface area contributed by atoms with E-state index < -0.39 is 0 Å². The van der Waals surface area contributed by atoms with Crippen LogP contribution in [0.4, 0.5) is 0 Å². The van der Waals surface area contributed by atoms with Gasteiger partial charge in [0.1, 0.15) is 22.3 Å². The zero-order chi connectivity index (χ0) is 34.2. The predicted molar refractivity (Wildman–Crippen MR) is 211 cm³/mol. The monoisotopic (exact) mass is 665 g/mol. The number of hydrogen-bond acceptors (Lipinski definition) is 5. The van der Waals surface area contributed by atoms with E-state index in [1.807, 2.05) is 48.5 Å². The molecule has 11 rings (SSSR count). The summed E-state index contributed by atoms with van der Waals surface area (Å²) in [5.41, 5.74) is 8.08. The predicted octanol–water partition coefficient (Wildman–Crippen LogP) is 12.6. The van der Waals surface area contributed by atoms with Crippen LogP contribution in [0.3, 0.4) is 0 Å². The molecule has 0 bridgehead atoms. The van der Waals surface area contributed by atoms with Crippen molar-refractivity contribution in [2.24, 2.45) is 0 Å². The van der Waals surface area contributed by atoms with Crippen molar-refractivity contribution in [3.8, 4) is 45.3 Å². The minimum Gasteiger partial charge on any atom is -0.456 e. The molecule has 5 heteroatoms. The number of rotatable bonds is 4. The molecule has 5 nitrogen and oxygen atoms in total. The van der Waals surface area contributed by atoms with Crippen LogP contribution in [0.15, 0.2) is 173 Å². The second kappa shape index (κ2) is 11.2. The van der Waals surface area contributed by atoms with Gasteiger partial charge >= 0.3 is 0 Å². The lowest BCUT2D eigenvalue weighted by Gasteiger charge is -2.11. The van der Waals surface area contributed by atoms with Crippen LogP contribution in [0, 0.1) is 0 Å². The fourth-order valence-electron chi connectivity index (χ4n) is 7.69. The minimum atomic E-state index is 0.569. The lowest BCUT2D eigenvalue weighted by atomic mass is 9.95. The molecule has 0 fully saturated rings. The maximum absolute atomic E-state index is 6.55. The first-order chi connectivity index (χ1) is 25.7. The Morgan fingerprint density at radius 1 is 0.308 bits per heavy atom. The molecule has 0 saturated carbocycles. The van der Waals surface area contributed by atoms with Crippen LogP contribution in [-0.4, -0.2) is 15.0 Å². The molecule has 0 atom stereocenters. The van der Waals surface area contributed by atoms with Crippen LogP contribution in [-0.2, 0) is 0 Å². The fraction of sp³-hybridized carbons (Fsp3) is 0. The smallest absolute Gasteiger partial charge is 0.164 e. The van der Waals surface area contributed by atoms with Gasteiger partial charge in [0.05, 0.1) is 0 Å². The average Bonchev–Trinajstić information content (AvgIpc) is 3.79. The van der Waals surface area contributed by atoms with Gasteiger partial charge in [-0.15, -0.1) is 0 Å². The first-order valence-electron chi connectivity index (χ1n) is 17.3. The summed E-state index contributed by atoms with van der Waals surface area (Å²) in [7, 11) is 0. The first kappa shape index (κ1) is 28.7. The highest BCUT2D eigenvalue weighted by Crippen LogP contribution is 2.42. The Bertz CT molecular complexity index is 3210. The summed E-state index contributed by atoms with van der Waals surface area (Å²) < 4.78 is 12.8. The highest BCUT2D eigenvalue weighted by molar-refractivity contribution is 6.18. The zero-order valence-electron chi connectivity index (χ0n) is 27.7. The topological polar surface area (TPSA) is 65.0 Å². The Hall–Kier alpha value is -7.11. The Balaban J connectivity index is 1.20. The van der Waals surface area contributed by atoms with E-state index in [4.69, 9.17) is 23.8 Å². The van der Waals surface area contributed by atoms with Crippen LogP contribution in [0.25, 0.3) is 111 Å². The normalized spacial score (nSPS) is 11.8. The van der Waals surface area contributed by atoms with Gasteiger partial charge in [0.2, 0.25) is 0 Å². The van der Waals surface area contributed by atoms with Gasteiger partial charge in [0, 0.05) is 38.2 Å². The summed E-state index contributed by atoms with van der Waals surface area (Å²) in [6.07, 6.45) is 0. The Morgan fingerprint density at radius 2 is 0.769 bits per heavy atom. The van der Waals surface area contributed by atoms with E-state index in [0.29, 0.717) is 17.5 Å². The Labute approximate surface area is 297 Å². The van der Waals surface area contributed by atoms with Gasteiger partial charge in [0.25, 0.3) is 0 Å². The molecule has 0 amide bonds. The average molecular weight is 666 g/mol. The van der Waals surface area contributed by atoms with Gasteiger partial charge in [-0.05, 0) is 69.1 Å². The quantitative estimate of drug-likeness (QED) is 0.187. The van der Waals surface area contributed by atoms with Gasteiger partial charge in [0.15, 0.2) is 17.5 Å². The molecule has 0 unspecified atom stereocenters. The fourth-order valence-corrected chi connectivity index (χ4v) is 7.69. The molecule has 0 aliphatic carbocycles. The van der Waals surface area contributed by atoms with Crippen molar-refractivity contribution in [3.05, 3.63) is 164 Å². The second-order valence-electron chi connectivity index (χ2n) is 13.2. The van der Waals surface area contributed by atoms with E-state index in [1.54, 1.807) is 0 Å². The number of hydrogen-bond donors (Lipinski definition) is 0. The summed E-state index contributed by atoms with van der Waals surface area (Å²) in [6.45, 7) is 0. The summed E-state index contributed by atoms with van der Waals surface area (Å²) in [5, 5.41) is 8.66. The van der Waals surface area contributed by atoms with E-state index in [-0.39, 0.29) is 0 Å². The van der Waals surface area contributed by atoms with Crippen LogP contribution in [0.5, 0.6) is 0 Å². The molecule has 0 aliphatic rings. The highest BCUT2D eigenvalue weighted by atomic mass is 16.3. The van der Waals surface area contributed by atoms with Crippen molar-refractivity contribution < 1.29 is 8.83 Å². The van der Waals surface area contributed by atoms with Crippen LogP contribution >= 0.6 is 0 Å². The van der Waals surface area contributed by atoms with Crippen LogP contribution < -0.4 is 0 Å². The van der Waals surface area contributed by atoms with Crippen molar-refractivity contribution in [1.29, 1.82) is 0 Å². The van der Waals surface area contributed by atoms with Crippen molar-refractivity contribution in [1.82, 2.24) is 15.0 Å². The number of nitrogens with zero attached hydrogens (tertiary/aromatic N) is 3. The van der Waals surface area contributed by atoms with E-state index in [2.05, 4.69) is 115 Å². The van der Waals surface area contributed by atoms with E-state index >= 15 is 0 Å². The van der Waals surface area contributed by atoms with Crippen LogP contribution in [0.1, 0.15) is 0 Å². The lowest BCUT2D eigenvalue weighted by Crippen LogP contribution is -2.01. The number of benzene rings is 8. The second-order valence-corrected chi connectivity index (χ2v) is 13.2. The third-order valence-corrected chi connectivity index (χ3v) is 10.1. The Morgan fingerprint density at radius 3 is 1.46 bits per heavy atom. The SMILES string of the molecule is c1ccc2cc(-c3nc(-c4cccc5oc6ccccc6c45)nc(-c4cccc5oc6cccc(-c7ccc8ccccc8c7)c6c45)n3)ccc2c1. The van der Waals surface area contributed by atoms with Crippen LogP contribution in [0.2, 0.25) is 0 Å². The largest absolute Gasteiger partial charge is 0.456 e. The first-order valence-corrected chi connectivity index (χ1v) is 17.3. The number of furan rings is 2. The molecule has 0 N–H and O–H groups in total.